The van der Waals surface area contributed by atoms with Crippen molar-refractivity contribution in [2.24, 2.45) is 7.05 Å². The van der Waals surface area contributed by atoms with E-state index in [9.17, 15) is 18.0 Å². The monoisotopic (exact) mass is 386 g/mol. The third-order valence-electron chi connectivity index (χ3n) is 4.11. The van der Waals surface area contributed by atoms with Gasteiger partial charge in [0.05, 0.1) is 53.7 Å². The van der Waals surface area contributed by atoms with Gasteiger partial charge in [0.15, 0.2) is 0 Å². The average Bonchev–Trinajstić information content (AvgIpc) is 3.09. The molecule has 0 aliphatic rings. The number of rotatable bonds is 3. The Morgan fingerprint density at radius 2 is 2.07 bits per heavy atom. The van der Waals surface area contributed by atoms with Gasteiger partial charge in [0.2, 0.25) is 0 Å². The predicted octanol–water partition coefficient (Wildman–Crippen LogP) is 3.98. The van der Waals surface area contributed by atoms with E-state index < -0.39 is 17.7 Å². The molecule has 0 amide bonds. The summed E-state index contributed by atoms with van der Waals surface area (Å²) in [5.41, 5.74) is -0.376. The van der Waals surface area contributed by atoms with Crippen molar-refractivity contribution in [1.29, 1.82) is 5.26 Å². The number of pyridine rings is 1. The molecule has 0 saturated carbocycles. The van der Waals surface area contributed by atoms with Crippen LogP contribution in [0, 0.1) is 11.3 Å². The van der Waals surface area contributed by atoms with E-state index in [0.29, 0.717) is 5.69 Å². The number of alkyl halides is 3. The number of allylic oxidation sites excluding steroid dienone is 1. The summed E-state index contributed by atoms with van der Waals surface area (Å²) in [6, 6.07) is 5.14. The van der Waals surface area contributed by atoms with Crippen molar-refractivity contribution in [3.8, 4) is 17.5 Å². The van der Waals surface area contributed by atoms with Crippen LogP contribution in [0.1, 0.15) is 21.5 Å². The highest BCUT2D eigenvalue weighted by Crippen LogP contribution is 2.36. The summed E-state index contributed by atoms with van der Waals surface area (Å²) in [5.74, 6) is -0.717. The number of methoxy groups -OCH3 is 1. The minimum atomic E-state index is -4.67. The summed E-state index contributed by atoms with van der Waals surface area (Å²) in [4.78, 5) is 20.5. The normalized spacial score (nSPS) is 11.7. The lowest BCUT2D eigenvalue weighted by molar-refractivity contribution is -0.137. The van der Waals surface area contributed by atoms with Crippen LogP contribution < -0.4 is 0 Å². The van der Waals surface area contributed by atoms with Crippen LogP contribution in [0.2, 0.25) is 0 Å². The zero-order chi connectivity index (χ0) is 20.5. The molecule has 2 aromatic heterocycles. The van der Waals surface area contributed by atoms with E-state index in [1.807, 2.05) is 0 Å². The van der Waals surface area contributed by atoms with E-state index in [2.05, 4.69) is 9.97 Å². The van der Waals surface area contributed by atoms with Gasteiger partial charge in [-0.3, -0.25) is 0 Å². The summed E-state index contributed by atoms with van der Waals surface area (Å²) in [6.07, 6.45) is 0.308. The van der Waals surface area contributed by atoms with Gasteiger partial charge in [-0.1, -0.05) is 0 Å². The second-order valence-electron chi connectivity index (χ2n) is 5.85. The number of benzene rings is 1. The van der Waals surface area contributed by atoms with Crippen molar-refractivity contribution in [1.82, 2.24) is 14.5 Å². The number of nitriles is 1. The Morgan fingerprint density at radius 1 is 1.32 bits per heavy atom. The standard InChI is InChI=1S/C19H13F3N4O2/c1-26-10-24-9-17(26)16-7-13(18(27)28-2)12-6-11(4-3-5-23)14(19(20,21)22)8-15(12)25-16/h3-4,6-10H,1-2H3. The van der Waals surface area contributed by atoms with Crippen LogP contribution in [0.4, 0.5) is 13.2 Å². The topological polar surface area (TPSA) is 80.8 Å². The van der Waals surface area contributed by atoms with E-state index >= 15 is 0 Å². The van der Waals surface area contributed by atoms with Gasteiger partial charge in [-0.2, -0.15) is 18.4 Å². The van der Waals surface area contributed by atoms with Crippen molar-refractivity contribution in [2.45, 2.75) is 6.18 Å². The van der Waals surface area contributed by atoms with Crippen LogP contribution in [-0.4, -0.2) is 27.6 Å². The molecule has 2 heterocycles. The minimum absolute atomic E-state index is 0.0273. The summed E-state index contributed by atoms with van der Waals surface area (Å²) in [5, 5.41) is 8.85. The van der Waals surface area contributed by atoms with Gasteiger partial charge in [-0.15, -0.1) is 0 Å². The highest BCUT2D eigenvalue weighted by atomic mass is 19.4. The number of hydrogen-bond donors (Lipinski definition) is 0. The molecule has 6 nitrogen and oxygen atoms in total. The maximum absolute atomic E-state index is 13.5. The van der Waals surface area contributed by atoms with Gasteiger partial charge in [0.25, 0.3) is 0 Å². The van der Waals surface area contributed by atoms with E-state index in [1.165, 1.54) is 31.8 Å². The van der Waals surface area contributed by atoms with Gasteiger partial charge in [-0.25, -0.2) is 14.8 Å². The molecule has 0 unspecified atom stereocenters. The molecule has 0 saturated heterocycles. The Kier molecular flexibility index (Phi) is 4.88. The number of aromatic nitrogens is 3. The second kappa shape index (κ2) is 7.15. The fourth-order valence-electron chi connectivity index (χ4n) is 2.81. The first kappa shape index (κ1) is 19.1. The minimum Gasteiger partial charge on any atom is -0.465 e. The smallest absolute Gasteiger partial charge is 0.417 e. The van der Waals surface area contributed by atoms with Gasteiger partial charge in [0, 0.05) is 18.5 Å². The first-order valence-corrected chi connectivity index (χ1v) is 7.93. The third-order valence-corrected chi connectivity index (χ3v) is 4.11. The van der Waals surface area contributed by atoms with Crippen LogP contribution >= 0.6 is 0 Å². The molecule has 3 rings (SSSR count). The highest BCUT2D eigenvalue weighted by molar-refractivity contribution is 6.05. The zero-order valence-corrected chi connectivity index (χ0v) is 14.8. The molecular formula is C19H13F3N4O2. The number of fused-ring (bicyclic) bond motifs is 1. The first-order valence-electron chi connectivity index (χ1n) is 7.93. The average molecular weight is 386 g/mol. The largest absolute Gasteiger partial charge is 0.465 e. The number of imidazole rings is 1. The summed E-state index contributed by atoms with van der Waals surface area (Å²) in [6.45, 7) is 0. The number of carbonyl (C=O) groups excluding carboxylic acids is 1. The Bertz CT molecular complexity index is 1140. The zero-order valence-electron chi connectivity index (χ0n) is 14.8. The van der Waals surface area contributed by atoms with Crippen LogP contribution in [-0.2, 0) is 18.0 Å². The van der Waals surface area contributed by atoms with Gasteiger partial charge in [-0.05, 0) is 29.8 Å². The van der Waals surface area contributed by atoms with Crippen LogP contribution in [0.5, 0.6) is 0 Å². The number of halogens is 3. The molecule has 0 atom stereocenters. The van der Waals surface area contributed by atoms with E-state index in [0.717, 1.165) is 18.2 Å². The van der Waals surface area contributed by atoms with Crippen molar-refractivity contribution in [3.63, 3.8) is 0 Å². The number of esters is 1. The van der Waals surface area contributed by atoms with Gasteiger partial charge in [0.1, 0.15) is 0 Å². The fourth-order valence-corrected chi connectivity index (χ4v) is 2.81. The van der Waals surface area contributed by atoms with E-state index in [4.69, 9.17) is 10.00 Å². The molecule has 0 radical (unpaired) electrons. The Balaban J connectivity index is 2.39. The Morgan fingerprint density at radius 3 is 2.64 bits per heavy atom. The van der Waals surface area contributed by atoms with Crippen LogP contribution in [0.3, 0.4) is 0 Å². The van der Waals surface area contributed by atoms with Crippen molar-refractivity contribution < 1.29 is 22.7 Å². The fraction of sp³-hybridized carbons (Fsp3) is 0.158. The predicted molar refractivity (Wildman–Crippen MR) is 94.9 cm³/mol. The molecule has 0 aliphatic carbocycles. The molecule has 3 aromatic rings. The molecule has 28 heavy (non-hydrogen) atoms. The molecule has 0 N–H and O–H groups in total. The summed E-state index contributed by atoms with van der Waals surface area (Å²) >= 11 is 0. The lowest BCUT2D eigenvalue weighted by atomic mass is 9.99. The number of ether oxygens (including phenoxy) is 1. The number of aryl methyl sites for hydroxylation is 1. The van der Waals surface area contributed by atoms with Crippen molar-refractivity contribution in [2.75, 3.05) is 7.11 Å². The van der Waals surface area contributed by atoms with Crippen molar-refractivity contribution >= 4 is 22.9 Å². The molecule has 0 spiro atoms. The van der Waals surface area contributed by atoms with E-state index in [-0.39, 0.29) is 27.7 Å². The second-order valence-corrected chi connectivity index (χ2v) is 5.85. The SMILES string of the molecule is COC(=O)c1cc(-c2cncn2C)nc2cc(C(F)(F)F)c(C=CC#N)cc12. The number of carbonyl (C=O) groups is 1. The number of hydrogen-bond acceptors (Lipinski definition) is 5. The maximum Gasteiger partial charge on any atom is 0.417 e. The Hall–Kier alpha value is -3.67. The lowest BCUT2D eigenvalue weighted by Crippen LogP contribution is -2.10. The number of nitrogens with zero attached hydrogens (tertiary/aromatic N) is 4. The molecule has 142 valence electrons. The van der Waals surface area contributed by atoms with Crippen LogP contribution in [0.25, 0.3) is 28.4 Å². The molecule has 1 aromatic carbocycles. The lowest BCUT2D eigenvalue weighted by Gasteiger charge is -2.14. The Labute approximate surface area is 157 Å². The first-order chi connectivity index (χ1) is 13.3. The van der Waals surface area contributed by atoms with Crippen molar-refractivity contribution in [3.05, 3.63) is 53.5 Å². The van der Waals surface area contributed by atoms with Crippen LogP contribution in [0.15, 0.2) is 36.8 Å². The molecular weight excluding hydrogens is 373 g/mol. The summed E-state index contributed by atoms with van der Waals surface area (Å²) in [7, 11) is 2.88. The molecule has 0 fully saturated rings. The van der Waals surface area contributed by atoms with Gasteiger partial charge >= 0.3 is 12.1 Å². The third kappa shape index (κ3) is 3.44. The quantitative estimate of drug-likeness (QED) is 0.502. The molecule has 0 bridgehead atoms. The maximum atomic E-state index is 13.5. The highest BCUT2D eigenvalue weighted by Gasteiger charge is 2.34. The van der Waals surface area contributed by atoms with E-state index in [1.54, 1.807) is 17.7 Å². The molecule has 9 heteroatoms. The molecule has 0 aliphatic heterocycles. The summed E-state index contributed by atoms with van der Waals surface area (Å²) < 4.78 is 47.0. The van der Waals surface area contributed by atoms with Gasteiger partial charge < -0.3 is 9.30 Å².